The van der Waals surface area contributed by atoms with Gasteiger partial charge in [0.2, 0.25) is 0 Å². The first-order chi connectivity index (χ1) is 8.42. The molecule has 0 aromatic carbocycles. The predicted octanol–water partition coefficient (Wildman–Crippen LogP) is 2.31. The number of hydrogen-bond donors (Lipinski definition) is 2. The van der Waals surface area contributed by atoms with Gasteiger partial charge in [0.25, 0.3) is 0 Å². The molecule has 2 rings (SSSR count). The molecule has 0 heterocycles. The van der Waals surface area contributed by atoms with Gasteiger partial charge in [-0.2, -0.15) is 0 Å². The third-order valence-electron chi connectivity index (χ3n) is 4.24. The van der Waals surface area contributed by atoms with Crippen LogP contribution in [0, 0.1) is 17.8 Å². The van der Waals surface area contributed by atoms with Gasteiger partial charge < -0.3 is 15.2 Å². The minimum Gasteiger partial charge on any atom is -0.444 e. The molecule has 0 aromatic heterocycles. The van der Waals surface area contributed by atoms with E-state index in [1.165, 1.54) is 25.7 Å². The van der Waals surface area contributed by atoms with E-state index in [4.69, 9.17) is 4.74 Å². The van der Waals surface area contributed by atoms with E-state index in [0.717, 1.165) is 0 Å². The highest BCUT2D eigenvalue weighted by Crippen LogP contribution is 2.49. The number of amides is 1. The quantitative estimate of drug-likeness (QED) is 0.796. The van der Waals surface area contributed by atoms with E-state index in [2.05, 4.69) is 5.32 Å². The number of fused-ring (bicyclic) bond motifs is 1. The third kappa shape index (κ3) is 2.79. The molecule has 0 saturated heterocycles. The van der Waals surface area contributed by atoms with Gasteiger partial charge in [0, 0.05) is 18.6 Å². The molecule has 0 unspecified atom stereocenters. The van der Waals surface area contributed by atoms with Crippen molar-refractivity contribution in [3.63, 3.8) is 0 Å². The summed E-state index contributed by atoms with van der Waals surface area (Å²) in [7, 11) is 0. The normalized spacial score (nSPS) is 35.3. The molecular weight excluding hydrogens is 230 g/mol. The molecule has 0 bridgehead atoms. The summed E-state index contributed by atoms with van der Waals surface area (Å²) in [4.78, 5) is 11.8. The molecule has 4 heteroatoms. The summed E-state index contributed by atoms with van der Waals surface area (Å²) in [6.45, 7) is 5.75. The lowest BCUT2D eigenvalue weighted by molar-refractivity contribution is -0.0521. The van der Waals surface area contributed by atoms with Crippen LogP contribution >= 0.6 is 0 Å². The smallest absolute Gasteiger partial charge is 0.407 e. The van der Waals surface area contributed by atoms with Crippen LogP contribution in [0.25, 0.3) is 0 Å². The minimum atomic E-state index is -0.464. The Morgan fingerprint density at radius 3 is 2.44 bits per heavy atom. The van der Waals surface area contributed by atoms with Crippen LogP contribution in [0.2, 0.25) is 0 Å². The number of hydrogen-bond acceptors (Lipinski definition) is 3. The fourth-order valence-electron chi connectivity index (χ4n) is 3.51. The molecule has 18 heavy (non-hydrogen) atoms. The third-order valence-corrected chi connectivity index (χ3v) is 4.24. The maximum atomic E-state index is 11.8. The summed E-state index contributed by atoms with van der Waals surface area (Å²) in [6.07, 6.45) is 4.52. The zero-order valence-electron chi connectivity index (χ0n) is 11.6. The van der Waals surface area contributed by atoms with Gasteiger partial charge >= 0.3 is 6.09 Å². The van der Waals surface area contributed by atoms with Gasteiger partial charge in [0.05, 0.1) is 0 Å². The van der Waals surface area contributed by atoms with Crippen molar-refractivity contribution in [3.8, 4) is 0 Å². The highest BCUT2D eigenvalue weighted by Gasteiger charge is 2.51. The lowest BCUT2D eigenvalue weighted by Gasteiger charge is -2.54. The topological polar surface area (TPSA) is 58.6 Å². The van der Waals surface area contributed by atoms with Gasteiger partial charge in [-0.3, -0.25) is 0 Å². The molecular formula is C14H25NO3. The van der Waals surface area contributed by atoms with Gasteiger partial charge in [-0.05, 0) is 45.4 Å². The molecule has 2 aliphatic rings. The number of ether oxygens (including phenoxy) is 1. The maximum Gasteiger partial charge on any atom is 0.407 e. The first kappa shape index (κ1) is 13.7. The standard InChI is InChI=1S/C14H25NO3/c1-14(2,3)18-13(17)15-12-10-7-5-4-6-9(10)11(12)8-16/h9-12,16H,4-8H2,1-3H3,(H,15,17)/t9-,10+,11-,12-/m1/s1. The van der Waals surface area contributed by atoms with Crippen LogP contribution in [-0.2, 0) is 4.74 Å². The van der Waals surface area contributed by atoms with Crippen LogP contribution in [0.3, 0.4) is 0 Å². The van der Waals surface area contributed by atoms with Gasteiger partial charge in [0.1, 0.15) is 5.60 Å². The molecule has 2 fully saturated rings. The van der Waals surface area contributed by atoms with Crippen molar-refractivity contribution in [1.29, 1.82) is 0 Å². The summed E-state index contributed by atoms with van der Waals surface area (Å²) < 4.78 is 5.28. The summed E-state index contributed by atoms with van der Waals surface area (Å²) in [5.41, 5.74) is -0.464. The first-order valence-electron chi connectivity index (χ1n) is 7.03. The zero-order chi connectivity index (χ0) is 13.3. The number of aliphatic hydroxyl groups excluding tert-OH is 1. The number of carbonyl (C=O) groups excluding carboxylic acids is 1. The van der Waals surface area contributed by atoms with Crippen molar-refractivity contribution in [2.75, 3.05) is 6.61 Å². The summed E-state index contributed by atoms with van der Waals surface area (Å²) in [6, 6.07) is 0.107. The second-order valence-electron chi connectivity index (χ2n) is 6.63. The van der Waals surface area contributed by atoms with Crippen molar-refractivity contribution >= 4 is 6.09 Å². The van der Waals surface area contributed by atoms with E-state index in [1.54, 1.807) is 0 Å². The molecule has 1 amide bonds. The van der Waals surface area contributed by atoms with E-state index >= 15 is 0 Å². The maximum absolute atomic E-state index is 11.8. The number of carbonyl (C=O) groups is 1. The summed E-state index contributed by atoms with van der Waals surface area (Å²) >= 11 is 0. The van der Waals surface area contributed by atoms with E-state index in [-0.39, 0.29) is 24.7 Å². The Balaban J connectivity index is 1.90. The van der Waals surface area contributed by atoms with Crippen molar-refractivity contribution in [2.24, 2.45) is 17.8 Å². The minimum absolute atomic E-state index is 0.107. The molecule has 0 radical (unpaired) electrons. The molecule has 104 valence electrons. The van der Waals surface area contributed by atoms with Gasteiger partial charge in [-0.1, -0.05) is 12.8 Å². The average molecular weight is 255 g/mol. The molecule has 0 aliphatic heterocycles. The molecule has 4 atom stereocenters. The Labute approximate surface area is 109 Å². The number of aliphatic hydroxyl groups is 1. The second kappa shape index (κ2) is 5.08. The SMILES string of the molecule is CC(C)(C)OC(=O)N[C@H]1[C@H](CO)[C@@H]2CCCC[C@@H]21. The van der Waals surface area contributed by atoms with Crippen LogP contribution < -0.4 is 5.32 Å². The Hall–Kier alpha value is -0.770. The lowest BCUT2D eigenvalue weighted by Crippen LogP contribution is -2.62. The van der Waals surface area contributed by atoms with Crippen molar-refractivity contribution in [2.45, 2.75) is 58.1 Å². The Kier molecular flexibility index (Phi) is 3.85. The number of alkyl carbamates (subject to hydrolysis) is 1. The van der Waals surface area contributed by atoms with E-state index in [0.29, 0.717) is 11.8 Å². The highest BCUT2D eigenvalue weighted by atomic mass is 16.6. The van der Waals surface area contributed by atoms with Crippen molar-refractivity contribution < 1.29 is 14.6 Å². The van der Waals surface area contributed by atoms with Crippen LogP contribution in [0.5, 0.6) is 0 Å². The van der Waals surface area contributed by atoms with Crippen LogP contribution in [0.4, 0.5) is 4.79 Å². The monoisotopic (exact) mass is 255 g/mol. The first-order valence-corrected chi connectivity index (χ1v) is 7.03. The average Bonchev–Trinajstić information content (AvgIpc) is 2.25. The summed E-state index contributed by atoms with van der Waals surface area (Å²) in [5.74, 6) is 1.37. The Morgan fingerprint density at radius 2 is 1.89 bits per heavy atom. The predicted molar refractivity (Wildman–Crippen MR) is 69.2 cm³/mol. The molecule has 2 aliphatic carbocycles. The largest absolute Gasteiger partial charge is 0.444 e. The molecule has 0 spiro atoms. The molecule has 4 nitrogen and oxygen atoms in total. The molecule has 2 N–H and O–H groups in total. The Morgan fingerprint density at radius 1 is 1.28 bits per heavy atom. The van der Waals surface area contributed by atoms with Gasteiger partial charge in [-0.25, -0.2) is 4.79 Å². The van der Waals surface area contributed by atoms with Crippen molar-refractivity contribution in [3.05, 3.63) is 0 Å². The van der Waals surface area contributed by atoms with E-state index in [1.807, 2.05) is 20.8 Å². The highest BCUT2D eigenvalue weighted by molar-refractivity contribution is 5.68. The van der Waals surface area contributed by atoms with Crippen LogP contribution in [0.15, 0.2) is 0 Å². The number of rotatable bonds is 2. The van der Waals surface area contributed by atoms with E-state index in [9.17, 15) is 9.90 Å². The number of nitrogens with one attached hydrogen (secondary N) is 1. The fraction of sp³-hybridized carbons (Fsp3) is 0.929. The van der Waals surface area contributed by atoms with E-state index < -0.39 is 5.60 Å². The molecule has 0 aromatic rings. The Bertz CT molecular complexity index is 305. The lowest BCUT2D eigenvalue weighted by atomic mass is 9.55. The second-order valence-corrected chi connectivity index (χ2v) is 6.63. The van der Waals surface area contributed by atoms with Crippen LogP contribution in [-0.4, -0.2) is 29.4 Å². The van der Waals surface area contributed by atoms with Gasteiger partial charge in [0.15, 0.2) is 0 Å². The van der Waals surface area contributed by atoms with Crippen LogP contribution in [0.1, 0.15) is 46.5 Å². The fourth-order valence-corrected chi connectivity index (χ4v) is 3.51. The van der Waals surface area contributed by atoms with Crippen molar-refractivity contribution in [1.82, 2.24) is 5.32 Å². The zero-order valence-corrected chi connectivity index (χ0v) is 11.6. The van der Waals surface area contributed by atoms with Gasteiger partial charge in [-0.15, -0.1) is 0 Å². The summed E-state index contributed by atoms with van der Waals surface area (Å²) in [5, 5.41) is 12.4. The molecule has 2 saturated carbocycles.